The van der Waals surface area contributed by atoms with E-state index in [-0.39, 0.29) is 45.0 Å². The molecule has 1 saturated carbocycles. The van der Waals surface area contributed by atoms with Gasteiger partial charge in [0.15, 0.2) is 0 Å². The van der Waals surface area contributed by atoms with Gasteiger partial charge in [-0.2, -0.15) is 0 Å². The van der Waals surface area contributed by atoms with Crippen molar-refractivity contribution in [1.82, 2.24) is 0 Å². The third kappa shape index (κ3) is 15.5. The Morgan fingerprint density at radius 1 is 0.800 bits per heavy atom. The molecule has 7 heteroatoms. The largest absolute Gasteiger partial charge is 2.00 e. The molecule has 0 bridgehead atoms. The molecule has 1 aliphatic rings. The zero-order valence-electron chi connectivity index (χ0n) is 16.1. The Morgan fingerprint density at radius 2 is 1.04 bits per heavy atom. The summed E-state index contributed by atoms with van der Waals surface area (Å²) in [6, 6.07) is 0.562. The van der Waals surface area contributed by atoms with Gasteiger partial charge in [0.2, 0.25) is 0 Å². The van der Waals surface area contributed by atoms with Crippen LogP contribution in [0.25, 0.3) is 0 Å². The van der Waals surface area contributed by atoms with Gasteiger partial charge < -0.3 is 31.3 Å². The van der Waals surface area contributed by atoms with Crippen LogP contribution in [0.1, 0.15) is 79.1 Å². The van der Waals surface area contributed by atoms with Crippen LogP contribution in [0.4, 0.5) is 0 Å². The number of hydrogen-bond donors (Lipinski definition) is 2. The maximum atomic E-state index is 10.1. The SMILES string of the molecule is CCC(CC)C(=O)[O-].CCC(CC)C(=O)[O-].N[C@@H]1CCCC[C@H]1N.[Pt+2]. The Kier molecular flexibility index (Phi) is 21.5. The van der Waals surface area contributed by atoms with Crippen molar-refractivity contribution in [2.75, 3.05) is 0 Å². The third-order valence-corrected chi connectivity index (χ3v) is 4.51. The Labute approximate surface area is 167 Å². The van der Waals surface area contributed by atoms with Crippen molar-refractivity contribution < 1.29 is 40.9 Å². The molecule has 0 aromatic rings. The molecule has 152 valence electrons. The Morgan fingerprint density at radius 3 is 1.12 bits per heavy atom. The zero-order valence-corrected chi connectivity index (χ0v) is 18.3. The van der Waals surface area contributed by atoms with E-state index < -0.39 is 11.9 Å². The van der Waals surface area contributed by atoms with Crippen molar-refractivity contribution in [3.63, 3.8) is 0 Å². The fraction of sp³-hybridized carbons (Fsp3) is 0.889. The monoisotopic (exact) mass is 539 g/mol. The number of carboxylic acids is 2. The van der Waals surface area contributed by atoms with Crippen molar-refractivity contribution >= 4 is 11.9 Å². The molecule has 0 aliphatic heterocycles. The molecule has 1 rings (SSSR count). The molecule has 0 amide bonds. The first-order valence-electron chi connectivity index (χ1n) is 9.17. The molecule has 0 spiro atoms. The van der Waals surface area contributed by atoms with E-state index in [1.807, 2.05) is 27.7 Å². The first-order chi connectivity index (χ1) is 11.2. The van der Waals surface area contributed by atoms with E-state index in [1.165, 1.54) is 12.8 Å². The summed E-state index contributed by atoms with van der Waals surface area (Å²) in [6.07, 6.45) is 7.52. The molecule has 0 saturated heterocycles. The van der Waals surface area contributed by atoms with Gasteiger partial charge in [0.25, 0.3) is 0 Å². The molecule has 0 aromatic heterocycles. The number of nitrogens with two attached hydrogens (primary N) is 2. The van der Waals surface area contributed by atoms with Gasteiger partial charge in [0, 0.05) is 24.0 Å². The van der Waals surface area contributed by atoms with Gasteiger partial charge in [-0.25, -0.2) is 0 Å². The van der Waals surface area contributed by atoms with Gasteiger partial charge in [0.1, 0.15) is 0 Å². The van der Waals surface area contributed by atoms with Crippen molar-refractivity contribution in [3.8, 4) is 0 Å². The average Bonchev–Trinajstić information content (AvgIpc) is 2.53. The Hall–Kier alpha value is -0.452. The van der Waals surface area contributed by atoms with E-state index in [4.69, 9.17) is 11.5 Å². The zero-order chi connectivity index (χ0) is 19.1. The minimum absolute atomic E-state index is 0. The normalized spacial score (nSPS) is 19.0. The Bertz CT molecular complexity index is 303. The number of carboxylic acid groups (broad SMARTS) is 2. The van der Waals surface area contributed by atoms with Crippen LogP contribution in [0, 0.1) is 11.8 Å². The molecule has 6 nitrogen and oxygen atoms in total. The predicted octanol–water partition coefficient (Wildman–Crippen LogP) is 0.558. The second-order valence-electron chi connectivity index (χ2n) is 6.28. The van der Waals surface area contributed by atoms with Crippen molar-refractivity contribution in [2.24, 2.45) is 23.3 Å². The fourth-order valence-electron chi connectivity index (χ4n) is 2.43. The van der Waals surface area contributed by atoms with Crippen molar-refractivity contribution in [1.29, 1.82) is 0 Å². The summed E-state index contributed by atoms with van der Waals surface area (Å²) < 4.78 is 0. The van der Waals surface area contributed by atoms with Crippen LogP contribution >= 0.6 is 0 Å². The first-order valence-corrected chi connectivity index (χ1v) is 9.17. The fourth-order valence-corrected chi connectivity index (χ4v) is 2.43. The number of carbonyl (C=O) groups excluding carboxylic acids is 2. The summed E-state index contributed by atoms with van der Waals surface area (Å²) in [5.74, 6) is -2.32. The third-order valence-electron chi connectivity index (χ3n) is 4.51. The van der Waals surface area contributed by atoms with Crippen molar-refractivity contribution in [2.45, 2.75) is 91.1 Å². The van der Waals surface area contributed by atoms with Crippen molar-refractivity contribution in [3.05, 3.63) is 0 Å². The standard InChI is InChI=1S/C6H14N2.2C6H12O2.Pt/c7-5-3-1-2-4-6(5)8;2*1-3-5(4-2)6(7)8;/h5-6H,1-4,7-8H2;2*5H,3-4H2,1-2H3,(H,7,8);/q;;;+2/p-2/t5-,6-;;;/m1.../s1. The molecule has 4 N–H and O–H groups in total. The van der Waals surface area contributed by atoms with Gasteiger partial charge in [-0.1, -0.05) is 40.5 Å². The predicted molar refractivity (Wildman–Crippen MR) is 92.6 cm³/mol. The number of carbonyl (C=O) groups is 2. The van der Waals surface area contributed by atoms with E-state index in [0.717, 1.165) is 12.8 Å². The van der Waals surface area contributed by atoms with Crippen LogP contribution in [-0.4, -0.2) is 24.0 Å². The van der Waals surface area contributed by atoms with E-state index in [0.29, 0.717) is 25.7 Å². The summed E-state index contributed by atoms with van der Waals surface area (Å²) in [4.78, 5) is 20.1. The molecule has 0 aromatic carbocycles. The van der Waals surface area contributed by atoms with Crippen LogP contribution in [0.3, 0.4) is 0 Å². The van der Waals surface area contributed by atoms with Crippen LogP contribution in [0.15, 0.2) is 0 Å². The van der Waals surface area contributed by atoms with E-state index in [2.05, 4.69) is 0 Å². The summed E-state index contributed by atoms with van der Waals surface area (Å²) >= 11 is 0. The molecule has 0 unspecified atom stereocenters. The number of rotatable bonds is 6. The quantitative estimate of drug-likeness (QED) is 0.507. The summed E-state index contributed by atoms with van der Waals surface area (Å²) in [7, 11) is 0. The second-order valence-corrected chi connectivity index (χ2v) is 6.28. The molecule has 0 radical (unpaired) electrons. The number of aliphatic carboxylic acids is 2. The number of hydrogen-bond acceptors (Lipinski definition) is 6. The maximum Gasteiger partial charge on any atom is 2.00 e. The molecule has 0 heterocycles. The molecule has 25 heavy (non-hydrogen) atoms. The van der Waals surface area contributed by atoms with Gasteiger partial charge in [-0.3, -0.25) is 0 Å². The van der Waals surface area contributed by atoms with Crippen LogP contribution in [-0.2, 0) is 30.7 Å². The average molecular weight is 540 g/mol. The molecular formula is C18H36N2O4Pt. The van der Waals surface area contributed by atoms with Gasteiger partial charge in [-0.15, -0.1) is 0 Å². The second kappa shape index (κ2) is 18.3. The first kappa shape index (κ1) is 29.3. The minimum atomic E-state index is -0.921. The minimum Gasteiger partial charge on any atom is -0.550 e. The van der Waals surface area contributed by atoms with Crippen LogP contribution in [0.2, 0.25) is 0 Å². The van der Waals surface area contributed by atoms with E-state index in [1.54, 1.807) is 0 Å². The van der Waals surface area contributed by atoms with E-state index >= 15 is 0 Å². The van der Waals surface area contributed by atoms with Gasteiger partial charge in [0.05, 0.1) is 0 Å². The molecule has 1 aliphatic carbocycles. The topological polar surface area (TPSA) is 132 Å². The summed E-state index contributed by atoms with van der Waals surface area (Å²) in [5, 5.41) is 20.1. The van der Waals surface area contributed by atoms with Gasteiger partial charge >= 0.3 is 21.1 Å². The summed E-state index contributed by atoms with van der Waals surface area (Å²) in [5.41, 5.74) is 11.3. The smallest absolute Gasteiger partial charge is 0.550 e. The summed E-state index contributed by atoms with van der Waals surface area (Å²) in [6.45, 7) is 7.40. The van der Waals surface area contributed by atoms with Crippen LogP contribution in [0.5, 0.6) is 0 Å². The molecule has 2 atom stereocenters. The van der Waals surface area contributed by atoms with E-state index in [9.17, 15) is 19.8 Å². The van der Waals surface area contributed by atoms with Gasteiger partial charge in [-0.05, 0) is 50.4 Å². The van der Waals surface area contributed by atoms with Crippen LogP contribution < -0.4 is 21.7 Å². The molecular weight excluding hydrogens is 503 g/mol. The Balaban J connectivity index is -0.000000285. The maximum absolute atomic E-state index is 10.1. The molecule has 1 fully saturated rings.